The second-order valence-electron chi connectivity index (χ2n) is 14.3. The number of hydrogen-bond donors (Lipinski definition) is 2. The summed E-state index contributed by atoms with van der Waals surface area (Å²) >= 11 is 0. The van der Waals surface area contributed by atoms with Crippen LogP contribution in [-0.2, 0) is 22.6 Å². The number of nitrogens with zero attached hydrogens (tertiary/aromatic N) is 3. The summed E-state index contributed by atoms with van der Waals surface area (Å²) in [6.45, 7) is 5.42. The number of carbonyl (C=O) groups excluding carboxylic acids is 1. The third-order valence-corrected chi connectivity index (χ3v) is 10.7. The summed E-state index contributed by atoms with van der Waals surface area (Å²) in [5, 5.41) is 23.0. The quantitative estimate of drug-likeness (QED) is 0.0454. The average molecular weight is 803 g/mol. The van der Waals surface area contributed by atoms with Gasteiger partial charge in [0.1, 0.15) is 5.56 Å². The van der Waals surface area contributed by atoms with E-state index in [1.54, 1.807) is 30.3 Å². The van der Waals surface area contributed by atoms with Crippen molar-refractivity contribution in [3.05, 3.63) is 164 Å². The fourth-order valence-electron chi connectivity index (χ4n) is 7.32. The van der Waals surface area contributed by atoms with Gasteiger partial charge in [-0.05, 0) is 46.0 Å². The SMILES string of the molecule is C[C@@H]1[C@H](CN2CCN(c3ccc([N+](=O)[O-])cc3)CC2)O[C@H](c2ccc(-c3cccc(CNC(=O)c4c(F)c(F)c(F)c(F)c4F)c3)cc2)O[C@@H]1c1ccc(CO)cc1. The number of amides is 1. The standard InChI is InChI=1S/C43H39F5N4O6/c1-25-34(23-50-17-19-51(20-18-50)32-13-15-33(16-14-32)52(55)56)57-43(58-41(25)29-7-5-26(24-53)6-8-29)30-11-9-28(10-12-30)31-4-2-3-27(21-31)22-49-42(54)35-36(44)38(46)40(48)39(47)37(35)45/h2-16,21,25,34,41,43,53H,17-20,22-24H2,1H3,(H,49,54)/t25-,34+,41+,43+/m1/s1. The van der Waals surface area contributed by atoms with Crippen molar-refractivity contribution in [2.45, 2.75) is 38.6 Å². The van der Waals surface area contributed by atoms with Gasteiger partial charge in [0, 0.05) is 68.6 Å². The Bertz CT molecular complexity index is 2240. The number of non-ortho nitro benzene ring substituents is 1. The van der Waals surface area contributed by atoms with Crippen LogP contribution in [0.2, 0.25) is 0 Å². The molecule has 0 radical (unpaired) electrons. The molecule has 0 aliphatic carbocycles. The van der Waals surface area contributed by atoms with Crippen LogP contribution in [0.4, 0.5) is 33.3 Å². The molecule has 2 aliphatic rings. The van der Waals surface area contributed by atoms with Gasteiger partial charge in [0.2, 0.25) is 5.82 Å². The van der Waals surface area contributed by atoms with Crippen molar-refractivity contribution in [2.75, 3.05) is 37.6 Å². The van der Waals surface area contributed by atoms with Crippen molar-refractivity contribution in [3.8, 4) is 11.1 Å². The highest BCUT2D eigenvalue weighted by Gasteiger charge is 2.39. The summed E-state index contributed by atoms with van der Waals surface area (Å²) in [5.41, 5.74) is 3.97. The van der Waals surface area contributed by atoms with Crippen LogP contribution in [0.3, 0.4) is 0 Å². The van der Waals surface area contributed by atoms with Crippen molar-refractivity contribution in [1.29, 1.82) is 0 Å². The molecule has 5 aromatic rings. The molecule has 2 N–H and O–H groups in total. The number of nitrogens with one attached hydrogen (secondary N) is 1. The maximum atomic E-state index is 14.2. The highest BCUT2D eigenvalue weighted by atomic mass is 19.2. The van der Waals surface area contributed by atoms with Crippen LogP contribution in [0.15, 0.2) is 97.1 Å². The van der Waals surface area contributed by atoms with Gasteiger partial charge in [0.25, 0.3) is 11.6 Å². The van der Waals surface area contributed by atoms with E-state index in [9.17, 15) is 42.0 Å². The molecule has 0 saturated carbocycles. The van der Waals surface area contributed by atoms with Crippen molar-refractivity contribution in [1.82, 2.24) is 10.2 Å². The van der Waals surface area contributed by atoms with Gasteiger partial charge >= 0.3 is 0 Å². The average Bonchev–Trinajstić information content (AvgIpc) is 3.25. The number of benzene rings is 5. The summed E-state index contributed by atoms with van der Waals surface area (Å²) in [5.74, 6) is -12.7. The molecule has 2 saturated heterocycles. The zero-order chi connectivity index (χ0) is 41.1. The second kappa shape index (κ2) is 17.4. The Morgan fingerprint density at radius 3 is 2.02 bits per heavy atom. The normalized spacial score (nSPS) is 19.9. The Hall–Kier alpha value is -5.74. The minimum Gasteiger partial charge on any atom is -0.392 e. The van der Waals surface area contributed by atoms with Gasteiger partial charge in [-0.1, -0.05) is 73.7 Å². The molecule has 15 heteroatoms. The first-order valence-corrected chi connectivity index (χ1v) is 18.6. The van der Waals surface area contributed by atoms with Crippen LogP contribution < -0.4 is 10.2 Å². The number of ether oxygens (including phenoxy) is 2. The lowest BCUT2D eigenvalue weighted by molar-refractivity contribution is -0.384. The minimum atomic E-state index is -2.34. The number of nitro benzene ring substituents is 1. The molecular weight excluding hydrogens is 763 g/mol. The minimum absolute atomic E-state index is 0.0412. The number of piperazine rings is 1. The van der Waals surface area contributed by atoms with Gasteiger partial charge < -0.3 is 24.8 Å². The second-order valence-corrected chi connectivity index (χ2v) is 14.3. The van der Waals surface area contributed by atoms with E-state index in [0.29, 0.717) is 12.1 Å². The van der Waals surface area contributed by atoms with E-state index in [0.717, 1.165) is 59.7 Å². The Morgan fingerprint density at radius 2 is 1.40 bits per heavy atom. The van der Waals surface area contributed by atoms with Gasteiger partial charge in [0.15, 0.2) is 29.6 Å². The van der Waals surface area contributed by atoms with E-state index in [4.69, 9.17) is 9.47 Å². The number of aliphatic hydroxyl groups excluding tert-OH is 1. The molecule has 0 aromatic heterocycles. The van der Waals surface area contributed by atoms with E-state index in [-0.39, 0.29) is 37.0 Å². The van der Waals surface area contributed by atoms with Crippen LogP contribution >= 0.6 is 0 Å². The molecule has 0 bridgehead atoms. The lowest BCUT2D eigenvalue weighted by atomic mass is 9.89. The first kappa shape index (κ1) is 40.5. The van der Waals surface area contributed by atoms with Crippen LogP contribution in [-0.4, -0.2) is 59.7 Å². The number of nitro groups is 1. The number of aliphatic hydroxyl groups is 1. The van der Waals surface area contributed by atoms with Gasteiger partial charge in [-0.2, -0.15) is 0 Å². The molecule has 10 nitrogen and oxygen atoms in total. The van der Waals surface area contributed by atoms with E-state index >= 15 is 0 Å². The van der Waals surface area contributed by atoms with Crippen LogP contribution in [0.1, 0.15) is 51.9 Å². The summed E-state index contributed by atoms with van der Waals surface area (Å²) in [4.78, 5) is 27.7. The van der Waals surface area contributed by atoms with Crippen molar-refractivity contribution in [3.63, 3.8) is 0 Å². The maximum Gasteiger partial charge on any atom is 0.269 e. The lowest BCUT2D eigenvalue weighted by Gasteiger charge is -2.44. The Morgan fingerprint density at radius 1 is 0.776 bits per heavy atom. The van der Waals surface area contributed by atoms with Crippen molar-refractivity contribution >= 4 is 17.3 Å². The number of carbonyl (C=O) groups is 1. The third kappa shape index (κ3) is 8.57. The predicted molar refractivity (Wildman–Crippen MR) is 204 cm³/mol. The molecule has 2 aliphatic heterocycles. The van der Waals surface area contributed by atoms with E-state index in [1.807, 2.05) is 54.6 Å². The van der Waals surface area contributed by atoms with Crippen molar-refractivity contribution < 1.29 is 46.3 Å². The zero-order valence-corrected chi connectivity index (χ0v) is 31.2. The first-order chi connectivity index (χ1) is 27.9. The fourth-order valence-corrected chi connectivity index (χ4v) is 7.32. The summed E-state index contributed by atoms with van der Waals surface area (Å²) in [7, 11) is 0. The molecule has 1 amide bonds. The zero-order valence-electron chi connectivity index (χ0n) is 31.2. The highest BCUT2D eigenvalue weighted by molar-refractivity contribution is 5.94. The van der Waals surface area contributed by atoms with Gasteiger partial charge in [-0.25, -0.2) is 22.0 Å². The molecule has 2 fully saturated rings. The monoisotopic (exact) mass is 802 g/mol. The largest absolute Gasteiger partial charge is 0.392 e. The Labute approximate surface area is 330 Å². The molecule has 2 heterocycles. The van der Waals surface area contributed by atoms with E-state index < -0.39 is 51.8 Å². The predicted octanol–water partition coefficient (Wildman–Crippen LogP) is 7.99. The number of rotatable bonds is 11. The van der Waals surface area contributed by atoms with E-state index in [2.05, 4.69) is 22.0 Å². The highest BCUT2D eigenvalue weighted by Crippen LogP contribution is 2.42. The lowest BCUT2D eigenvalue weighted by Crippen LogP contribution is -2.51. The molecule has 58 heavy (non-hydrogen) atoms. The summed E-state index contributed by atoms with van der Waals surface area (Å²) < 4.78 is 82.5. The molecule has 302 valence electrons. The van der Waals surface area contributed by atoms with Gasteiger partial charge in [-0.15, -0.1) is 0 Å². The first-order valence-electron chi connectivity index (χ1n) is 18.6. The van der Waals surface area contributed by atoms with Crippen LogP contribution in [0.25, 0.3) is 11.1 Å². The summed E-state index contributed by atoms with van der Waals surface area (Å²) in [6.07, 6.45) is -1.26. The summed E-state index contributed by atoms with van der Waals surface area (Å²) in [6, 6.07) is 28.7. The molecule has 0 spiro atoms. The molecular formula is C43H39F5N4O6. The van der Waals surface area contributed by atoms with Crippen LogP contribution in [0.5, 0.6) is 0 Å². The Balaban J connectivity index is 1.04. The van der Waals surface area contributed by atoms with Crippen LogP contribution in [0, 0.1) is 45.1 Å². The van der Waals surface area contributed by atoms with E-state index in [1.165, 1.54) is 12.1 Å². The Kier molecular flexibility index (Phi) is 12.1. The molecule has 4 atom stereocenters. The maximum absolute atomic E-state index is 14.2. The van der Waals surface area contributed by atoms with Crippen molar-refractivity contribution in [2.24, 2.45) is 5.92 Å². The van der Waals surface area contributed by atoms with Gasteiger partial charge in [-0.3, -0.25) is 19.8 Å². The fraction of sp³-hybridized carbons (Fsp3) is 0.279. The number of hydrogen-bond acceptors (Lipinski definition) is 8. The molecule has 7 rings (SSSR count). The third-order valence-electron chi connectivity index (χ3n) is 10.7. The van der Waals surface area contributed by atoms with Gasteiger partial charge in [0.05, 0.1) is 23.7 Å². The topological polar surface area (TPSA) is 117 Å². The molecule has 5 aromatic carbocycles. The molecule has 0 unspecified atom stereocenters. The number of anilines is 1. The number of halogens is 5. The smallest absolute Gasteiger partial charge is 0.269 e.